The number of ether oxygens (including phenoxy) is 1. The van der Waals surface area contributed by atoms with Gasteiger partial charge in [-0.2, -0.15) is 5.10 Å². The van der Waals surface area contributed by atoms with E-state index in [1.165, 1.54) is 6.26 Å². The first kappa shape index (κ1) is 20.2. The minimum absolute atomic E-state index is 0.280. The maximum Gasteiger partial charge on any atom is 0.175 e. The summed E-state index contributed by atoms with van der Waals surface area (Å²) >= 11 is 0. The van der Waals surface area contributed by atoms with E-state index in [1.54, 1.807) is 28.9 Å². The van der Waals surface area contributed by atoms with Crippen molar-refractivity contribution in [3.05, 3.63) is 66.4 Å². The third-order valence-electron chi connectivity index (χ3n) is 4.68. The van der Waals surface area contributed by atoms with Crippen molar-refractivity contribution >= 4 is 20.8 Å². The van der Waals surface area contributed by atoms with E-state index in [1.807, 2.05) is 43.6 Å². The van der Waals surface area contributed by atoms with Gasteiger partial charge in [0.1, 0.15) is 23.6 Å². The Labute approximate surface area is 175 Å². The summed E-state index contributed by atoms with van der Waals surface area (Å²) in [4.78, 5) is 0.280. The van der Waals surface area contributed by atoms with E-state index in [9.17, 15) is 8.42 Å². The summed E-state index contributed by atoms with van der Waals surface area (Å²) in [7, 11) is -1.31. The van der Waals surface area contributed by atoms with E-state index in [0.717, 1.165) is 28.0 Å². The molecule has 0 fully saturated rings. The first-order valence-corrected chi connectivity index (χ1v) is 11.4. The molecule has 30 heavy (non-hydrogen) atoms. The fourth-order valence-corrected chi connectivity index (χ4v) is 3.85. The predicted molar refractivity (Wildman–Crippen MR) is 115 cm³/mol. The molecule has 0 saturated carbocycles. The lowest BCUT2D eigenvalue weighted by Gasteiger charge is -2.08. The average molecular weight is 426 g/mol. The van der Waals surface area contributed by atoms with Crippen LogP contribution in [0.3, 0.4) is 0 Å². The number of hydrogen-bond acceptors (Lipinski definition) is 6. The van der Waals surface area contributed by atoms with Crippen LogP contribution in [0.15, 0.2) is 70.1 Å². The molecule has 0 aliphatic rings. The van der Waals surface area contributed by atoms with E-state index in [4.69, 9.17) is 9.15 Å². The maximum absolute atomic E-state index is 11.5. The van der Waals surface area contributed by atoms with E-state index >= 15 is 0 Å². The minimum atomic E-state index is -3.20. The van der Waals surface area contributed by atoms with Crippen molar-refractivity contribution < 1.29 is 17.6 Å². The standard InChI is InChI=1S/C22H23N3O4S/c1-25-15-17(22(24-25)21-13-16-5-3-4-6-20(16)29-21)14-23-11-12-28-18-7-9-19(10-8-18)30(2,26)27/h3-10,13,15,23H,11-12,14H2,1-2H3. The van der Waals surface area contributed by atoms with Crippen molar-refractivity contribution in [3.8, 4) is 17.2 Å². The second-order valence-corrected chi connectivity index (χ2v) is 9.11. The van der Waals surface area contributed by atoms with Crippen molar-refractivity contribution in [2.24, 2.45) is 7.05 Å². The average Bonchev–Trinajstić information content (AvgIpc) is 3.30. The lowest BCUT2D eigenvalue weighted by atomic mass is 10.2. The highest BCUT2D eigenvalue weighted by molar-refractivity contribution is 7.90. The number of sulfone groups is 1. The van der Waals surface area contributed by atoms with Crippen LogP contribution in [0.4, 0.5) is 0 Å². The van der Waals surface area contributed by atoms with Crippen molar-refractivity contribution in [3.63, 3.8) is 0 Å². The van der Waals surface area contributed by atoms with Crippen LogP contribution in [0.5, 0.6) is 5.75 Å². The SMILES string of the molecule is Cn1cc(CNCCOc2ccc(S(C)(=O)=O)cc2)c(-c2cc3ccccc3o2)n1. The second kappa shape index (κ2) is 8.33. The van der Waals surface area contributed by atoms with E-state index in [0.29, 0.717) is 25.4 Å². The third kappa shape index (κ3) is 4.55. The number of nitrogens with zero attached hydrogens (tertiary/aromatic N) is 2. The Kier molecular flexibility index (Phi) is 5.61. The Balaban J connectivity index is 1.34. The molecule has 1 N–H and O–H groups in total. The molecule has 0 amide bonds. The molecule has 0 bridgehead atoms. The molecule has 2 aromatic carbocycles. The van der Waals surface area contributed by atoms with Crippen molar-refractivity contribution in [1.29, 1.82) is 0 Å². The Bertz CT molecular complexity index is 1220. The zero-order valence-corrected chi connectivity index (χ0v) is 17.6. The predicted octanol–water partition coefficient (Wildman–Crippen LogP) is 3.41. The Morgan fingerprint density at radius 2 is 1.90 bits per heavy atom. The van der Waals surface area contributed by atoms with Crippen LogP contribution >= 0.6 is 0 Å². The van der Waals surface area contributed by atoms with Crippen molar-refractivity contribution in [2.45, 2.75) is 11.4 Å². The third-order valence-corrected chi connectivity index (χ3v) is 5.81. The number of fused-ring (bicyclic) bond motifs is 1. The largest absolute Gasteiger partial charge is 0.492 e. The molecule has 0 spiro atoms. The molecule has 0 unspecified atom stereocenters. The smallest absolute Gasteiger partial charge is 0.175 e. The first-order valence-electron chi connectivity index (χ1n) is 9.55. The van der Waals surface area contributed by atoms with Crippen LogP contribution in [-0.4, -0.2) is 37.6 Å². The Morgan fingerprint density at radius 1 is 1.13 bits per heavy atom. The molecule has 7 nitrogen and oxygen atoms in total. The molecule has 4 aromatic rings. The van der Waals surface area contributed by atoms with Crippen LogP contribution < -0.4 is 10.1 Å². The number of aryl methyl sites for hydroxylation is 1. The number of furan rings is 1. The van der Waals surface area contributed by atoms with Gasteiger partial charge in [0.2, 0.25) is 0 Å². The fraction of sp³-hybridized carbons (Fsp3) is 0.227. The summed E-state index contributed by atoms with van der Waals surface area (Å²) in [6, 6.07) is 16.3. The first-order chi connectivity index (χ1) is 14.4. The summed E-state index contributed by atoms with van der Waals surface area (Å²) in [5.74, 6) is 1.38. The van der Waals surface area contributed by atoms with Crippen LogP contribution in [-0.2, 0) is 23.4 Å². The number of aromatic nitrogens is 2. The number of rotatable bonds is 8. The minimum Gasteiger partial charge on any atom is -0.492 e. The highest BCUT2D eigenvalue weighted by Crippen LogP contribution is 2.28. The zero-order chi connectivity index (χ0) is 21.1. The molecule has 0 radical (unpaired) electrons. The lowest BCUT2D eigenvalue weighted by molar-refractivity contribution is 0.313. The van der Waals surface area contributed by atoms with E-state index in [2.05, 4.69) is 10.4 Å². The number of hydrogen-bond donors (Lipinski definition) is 1. The van der Waals surface area contributed by atoms with Gasteiger partial charge in [-0.1, -0.05) is 18.2 Å². The molecular weight excluding hydrogens is 402 g/mol. The topological polar surface area (TPSA) is 86.4 Å². The highest BCUT2D eigenvalue weighted by Gasteiger charge is 2.14. The molecule has 2 aromatic heterocycles. The molecule has 0 aliphatic heterocycles. The van der Waals surface area contributed by atoms with Crippen LogP contribution in [0.1, 0.15) is 5.56 Å². The summed E-state index contributed by atoms with van der Waals surface area (Å²) in [5, 5.41) is 8.95. The van der Waals surface area contributed by atoms with Gasteiger partial charge in [0.15, 0.2) is 15.6 Å². The van der Waals surface area contributed by atoms with Gasteiger partial charge in [-0.25, -0.2) is 8.42 Å². The molecule has 0 atom stereocenters. The zero-order valence-electron chi connectivity index (χ0n) is 16.8. The quantitative estimate of drug-likeness (QED) is 0.436. The van der Waals surface area contributed by atoms with Crippen LogP contribution in [0, 0.1) is 0 Å². The summed E-state index contributed by atoms with van der Waals surface area (Å²) in [6.07, 6.45) is 3.16. The highest BCUT2D eigenvalue weighted by atomic mass is 32.2. The maximum atomic E-state index is 11.5. The molecule has 4 rings (SSSR count). The van der Waals surface area contributed by atoms with Gasteiger partial charge in [-0.15, -0.1) is 0 Å². The number of para-hydroxylation sites is 1. The lowest BCUT2D eigenvalue weighted by Crippen LogP contribution is -2.20. The van der Waals surface area contributed by atoms with Gasteiger partial charge in [0, 0.05) is 43.5 Å². The fourth-order valence-electron chi connectivity index (χ4n) is 3.22. The van der Waals surface area contributed by atoms with Gasteiger partial charge in [-0.3, -0.25) is 4.68 Å². The number of benzene rings is 2. The van der Waals surface area contributed by atoms with Crippen molar-refractivity contribution in [1.82, 2.24) is 15.1 Å². The van der Waals surface area contributed by atoms with E-state index in [-0.39, 0.29) is 4.90 Å². The van der Waals surface area contributed by atoms with Crippen LogP contribution in [0.25, 0.3) is 22.4 Å². The molecule has 2 heterocycles. The van der Waals surface area contributed by atoms with Gasteiger partial charge in [0.25, 0.3) is 0 Å². The molecule has 0 saturated heterocycles. The van der Waals surface area contributed by atoms with Gasteiger partial charge >= 0.3 is 0 Å². The van der Waals surface area contributed by atoms with Gasteiger partial charge in [-0.05, 0) is 36.4 Å². The molecular formula is C22H23N3O4S. The monoisotopic (exact) mass is 425 g/mol. The molecule has 0 aliphatic carbocycles. The summed E-state index contributed by atoms with van der Waals surface area (Å²) < 4.78 is 36.4. The number of nitrogens with one attached hydrogen (secondary N) is 1. The van der Waals surface area contributed by atoms with Gasteiger partial charge in [0.05, 0.1) is 4.90 Å². The van der Waals surface area contributed by atoms with Gasteiger partial charge < -0.3 is 14.5 Å². The normalized spacial score (nSPS) is 11.8. The second-order valence-electron chi connectivity index (χ2n) is 7.09. The van der Waals surface area contributed by atoms with E-state index < -0.39 is 9.84 Å². The molecule has 8 heteroatoms. The molecule has 156 valence electrons. The summed E-state index contributed by atoms with van der Waals surface area (Å²) in [6.45, 7) is 1.71. The van der Waals surface area contributed by atoms with Crippen molar-refractivity contribution in [2.75, 3.05) is 19.4 Å². The Morgan fingerprint density at radius 3 is 2.63 bits per heavy atom. The van der Waals surface area contributed by atoms with Crippen LogP contribution in [0.2, 0.25) is 0 Å². The Hall–Kier alpha value is -3.10. The summed E-state index contributed by atoms with van der Waals surface area (Å²) in [5.41, 5.74) is 2.69.